The highest BCUT2D eigenvalue weighted by atomic mass is 16.5. The van der Waals surface area contributed by atoms with Crippen LogP contribution in [0.15, 0.2) is 72.8 Å². The number of aliphatic hydroxyl groups excluding tert-OH is 1. The third-order valence-corrected chi connectivity index (χ3v) is 4.54. The SMILES string of the molecule is O=C(CCCOC[C@H](O)CNc1cccc2ccccc12)OCc1ccccc1. The Morgan fingerprint density at radius 1 is 0.966 bits per heavy atom. The van der Waals surface area contributed by atoms with Crippen LogP contribution in [0.3, 0.4) is 0 Å². The van der Waals surface area contributed by atoms with E-state index in [1.807, 2.05) is 54.6 Å². The van der Waals surface area contributed by atoms with Gasteiger partial charge in [0.2, 0.25) is 0 Å². The van der Waals surface area contributed by atoms with Gasteiger partial charge in [-0.1, -0.05) is 66.7 Å². The molecule has 0 spiro atoms. The highest BCUT2D eigenvalue weighted by Crippen LogP contribution is 2.22. The minimum absolute atomic E-state index is 0.219. The largest absolute Gasteiger partial charge is 0.461 e. The lowest BCUT2D eigenvalue weighted by Crippen LogP contribution is -2.25. The molecule has 0 heterocycles. The van der Waals surface area contributed by atoms with Gasteiger partial charge in [0.05, 0.1) is 12.7 Å². The minimum atomic E-state index is -0.626. The van der Waals surface area contributed by atoms with Crippen LogP contribution in [0.25, 0.3) is 10.8 Å². The molecular weight excluding hydrogens is 366 g/mol. The molecule has 0 saturated heterocycles. The van der Waals surface area contributed by atoms with Gasteiger partial charge in [0.1, 0.15) is 6.61 Å². The first-order valence-corrected chi connectivity index (χ1v) is 9.89. The molecule has 29 heavy (non-hydrogen) atoms. The van der Waals surface area contributed by atoms with E-state index in [0.29, 0.717) is 32.6 Å². The van der Waals surface area contributed by atoms with Gasteiger partial charge in [-0.15, -0.1) is 0 Å². The van der Waals surface area contributed by atoms with Gasteiger partial charge in [0.25, 0.3) is 0 Å². The molecule has 5 heteroatoms. The fraction of sp³-hybridized carbons (Fsp3) is 0.292. The molecular formula is C24H27NO4. The smallest absolute Gasteiger partial charge is 0.306 e. The van der Waals surface area contributed by atoms with Crippen molar-refractivity contribution < 1.29 is 19.4 Å². The summed E-state index contributed by atoms with van der Waals surface area (Å²) in [6.07, 6.45) is 0.243. The van der Waals surface area contributed by atoms with Gasteiger partial charge in [-0.2, -0.15) is 0 Å². The number of aliphatic hydroxyl groups is 1. The predicted octanol–water partition coefficient (Wildman–Crippen LogP) is 4.15. The summed E-state index contributed by atoms with van der Waals surface area (Å²) in [4.78, 5) is 11.7. The highest BCUT2D eigenvalue weighted by molar-refractivity contribution is 5.93. The van der Waals surface area contributed by atoms with Crippen LogP contribution in [0.5, 0.6) is 0 Å². The number of hydrogen-bond acceptors (Lipinski definition) is 5. The third kappa shape index (κ3) is 6.89. The van der Waals surface area contributed by atoms with Gasteiger partial charge >= 0.3 is 5.97 Å². The monoisotopic (exact) mass is 393 g/mol. The van der Waals surface area contributed by atoms with Crippen molar-refractivity contribution >= 4 is 22.4 Å². The quantitative estimate of drug-likeness (QED) is 0.378. The Labute approximate surface area is 171 Å². The number of ether oxygens (including phenoxy) is 2. The molecule has 0 bridgehead atoms. The van der Waals surface area contributed by atoms with Crippen molar-refractivity contribution in [2.75, 3.05) is 25.1 Å². The first-order valence-electron chi connectivity index (χ1n) is 9.89. The number of esters is 1. The van der Waals surface area contributed by atoms with E-state index in [1.54, 1.807) is 0 Å². The van der Waals surface area contributed by atoms with Gasteiger partial charge in [0, 0.05) is 30.6 Å². The van der Waals surface area contributed by atoms with Crippen LogP contribution in [-0.4, -0.2) is 36.9 Å². The van der Waals surface area contributed by atoms with Gasteiger partial charge in [-0.3, -0.25) is 4.79 Å². The lowest BCUT2D eigenvalue weighted by Gasteiger charge is -2.14. The Morgan fingerprint density at radius 2 is 1.72 bits per heavy atom. The molecule has 1 atom stereocenters. The number of carbonyl (C=O) groups excluding carboxylic acids is 1. The summed E-state index contributed by atoms with van der Waals surface area (Å²) < 4.78 is 10.7. The van der Waals surface area contributed by atoms with E-state index >= 15 is 0 Å². The number of rotatable bonds is 11. The Bertz CT molecular complexity index is 892. The van der Waals surface area contributed by atoms with Crippen molar-refractivity contribution in [1.29, 1.82) is 0 Å². The van der Waals surface area contributed by atoms with Gasteiger partial charge in [-0.25, -0.2) is 0 Å². The van der Waals surface area contributed by atoms with Crippen molar-refractivity contribution in [2.24, 2.45) is 0 Å². The lowest BCUT2D eigenvalue weighted by molar-refractivity contribution is -0.145. The Morgan fingerprint density at radius 3 is 2.59 bits per heavy atom. The van der Waals surface area contributed by atoms with Crippen LogP contribution in [0.4, 0.5) is 5.69 Å². The van der Waals surface area contributed by atoms with Crippen LogP contribution >= 0.6 is 0 Å². The number of anilines is 1. The summed E-state index contributed by atoms with van der Waals surface area (Å²) in [7, 11) is 0. The summed E-state index contributed by atoms with van der Waals surface area (Å²) in [5, 5.41) is 15.7. The summed E-state index contributed by atoms with van der Waals surface area (Å²) >= 11 is 0. The van der Waals surface area contributed by atoms with Crippen molar-refractivity contribution in [3.05, 3.63) is 78.4 Å². The average Bonchev–Trinajstić information content (AvgIpc) is 2.76. The molecule has 3 aromatic rings. The Balaban J connectivity index is 1.28. The normalized spacial score (nSPS) is 11.9. The lowest BCUT2D eigenvalue weighted by atomic mass is 10.1. The van der Waals surface area contributed by atoms with Crippen LogP contribution < -0.4 is 5.32 Å². The van der Waals surface area contributed by atoms with Crippen LogP contribution in [-0.2, 0) is 20.9 Å². The Hall–Kier alpha value is -2.89. The first-order chi connectivity index (χ1) is 14.2. The maximum Gasteiger partial charge on any atom is 0.306 e. The van der Waals surface area contributed by atoms with Gasteiger partial charge < -0.3 is 19.9 Å². The summed E-state index contributed by atoms with van der Waals surface area (Å²) in [6, 6.07) is 23.8. The van der Waals surface area contributed by atoms with E-state index in [-0.39, 0.29) is 12.6 Å². The van der Waals surface area contributed by atoms with Crippen molar-refractivity contribution in [2.45, 2.75) is 25.6 Å². The molecule has 0 aliphatic rings. The number of nitrogens with one attached hydrogen (secondary N) is 1. The zero-order valence-corrected chi connectivity index (χ0v) is 16.4. The van der Waals surface area contributed by atoms with E-state index < -0.39 is 6.10 Å². The van der Waals surface area contributed by atoms with E-state index in [9.17, 15) is 9.90 Å². The number of carbonyl (C=O) groups is 1. The number of fused-ring (bicyclic) bond motifs is 1. The second kappa shape index (κ2) is 11.2. The second-order valence-electron chi connectivity index (χ2n) is 6.89. The number of benzene rings is 3. The average molecular weight is 393 g/mol. The predicted molar refractivity (Wildman–Crippen MR) is 115 cm³/mol. The molecule has 3 aromatic carbocycles. The summed E-state index contributed by atoms with van der Waals surface area (Å²) in [6.45, 7) is 1.31. The summed E-state index contributed by atoms with van der Waals surface area (Å²) in [5.74, 6) is -0.240. The molecule has 2 N–H and O–H groups in total. The topological polar surface area (TPSA) is 67.8 Å². The molecule has 0 aliphatic heterocycles. The van der Waals surface area contributed by atoms with Crippen molar-refractivity contribution in [3.8, 4) is 0 Å². The van der Waals surface area contributed by atoms with E-state index in [1.165, 1.54) is 0 Å². The van der Waals surface area contributed by atoms with E-state index in [4.69, 9.17) is 9.47 Å². The molecule has 0 unspecified atom stereocenters. The fourth-order valence-electron chi connectivity index (χ4n) is 3.01. The molecule has 3 rings (SSSR count). The van der Waals surface area contributed by atoms with Crippen molar-refractivity contribution in [1.82, 2.24) is 0 Å². The second-order valence-corrected chi connectivity index (χ2v) is 6.89. The van der Waals surface area contributed by atoms with E-state index in [0.717, 1.165) is 22.0 Å². The van der Waals surface area contributed by atoms with E-state index in [2.05, 4.69) is 23.5 Å². The van der Waals surface area contributed by atoms with Crippen LogP contribution in [0.1, 0.15) is 18.4 Å². The molecule has 0 radical (unpaired) electrons. The standard InChI is InChI=1S/C24H27NO4/c26-21(16-25-23-13-6-11-20-10-4-5-12-22(20)23)18-28-15-7-14-24(27)29-17-19-8-2-1-3-9-19/h1-6,8-13,21,25-26H,7,14-18H2/t21-/m1/s1. The van der Waals surface area contributed by atoms with Crippen LogP contribution in [0, 0.1) is 0 Å². The van der Waals surface area contributed by atoms with Crippen molar-refractivity contribution in [3.63, 3.8) is 0 Å². The molecule has 0 saturated carbocycles. The zero-order chi connectivity index (χ0) is 20.3. The molecule has 152 valence electrons. The maximum atomic E-state index is 11.7. The Kier molecular flexibility index (Phi) is 8.04. The fourth-order valence-corrected chi connectivity index (χ4v) is 3.01. The highest BCUT2D eigenvalue weighted by Gasteiger charge is 2.07. The van der Waals surface area contributed by atoms with Gasteiger partial charge in [0.15, 0.2) is 0 Å². The maximum absolute atomic E-state index is 11.7. The molecule has 0 fully saturated rings. The zero-order valence-electron chi connectivity index (χ0n) is 16.4. The molecule has 0 amide bonds. The molecule has 0 aliphatic carbocycles. The first kappa shape index (κ1) is 20.8. The van der Waals surface area contributed by atoms with Gasteiger partial charge in [-0.05, 0) is 23.4 Å². The van der Waals surface area contributed by atoms with Crippen LogP contribution in [0.2, 0.25) is 0 Å². The molecule has 0 aromatic heterocycles. The minimum Gasteiger partial charge on any atom is -0.461 e. The molecule has 5 nitrogen and oxygen atoms in total. The number of hydrogen-bond donors (Lipinski definition) is 2. The third-order valence-electron chi connectivity index (χ3n) is 4.54. The summed E-state index contributed by atoms with van der Waals surface area (Å²) in [5.41, 5.74) is 1.96.